The first kappa shape index (κ1) is 19.9. The molecule has 0 spiro atoms. The molecule has 0 bridgehead atoms. The quantitative estimate of drug-likeness (QED) is 0.635. The van der Waals surface area contributed by atoms with Crippen molar-refractivity contribution in [3.63, 3.8) is 0 Å². The van der Waals surface area contributed by atoms with E-state index in [1.54, 1.807) is 0 Å². The molecular weight excluding hydrogens is 400 g/mol. The van der Waals surface area contributed by atoms with E-state index in [1.165, 1.54) is 25.7 Å². The largest absolute Gasteiger partial charge is 0.337 e. The van der Waals surface area contributed by atoms with E-state index in [4.69, 9.17) is 0 Å². The maximum atomic E-state index is 13.3. The number of pyridine rings is 1. The van der Waals surface area contributed by atoms with Crippen LogP contribution in [0.4, 0.5) is 0 Å². The Kier molecular flexibility index (Phi) is 5.14. The summed E-state index contributed by atoms with van der Waals surface area (Å²) in [6.45, 7) is 4.43. The molecule has 166 valence electrons. The Morgan fingerprint density at radius 1 is 0.906 bits per heavy atom. The van der Waals surface area contributed by atoms with Gasteiger partial charge < -0.3 is 9.47 Å². The monoisotopic (exact) mass is 430 g/mol. The molecule has 1 saturated carbocycles. The number of rotatable bonds is 3. The molecule has 3 aromatic rings. The van der Waals surface area contributed by atoms with Crippen LogP contribution in [0.2, 0.25) is 0 Å². The number of piperidine rings is 1. The minimum Gasteiger partial charge on any atom is -0.337 e. The van der Waals surface area contributed by atoms with Gasteiger partial charge in [0.1, 0.15) is 17.3 Å². The Balaban J connectivity index is 1.18. The van der Waals surface area contributed by atoms with Crippen molar-refractivity contribution < 1.29 is 4.79 Å². The number of likely N-dealkylation sites (tertiary alicyclic amines) is 1. The molecule has 1 unspecified atom stereocenters. The molecule has 7 nitrogen and oxygen atoms in total. The van der Waals surface area contributed by atoms with Crippen LogP contribution in [0, 0.1) is 0 Å². The lowest BCUT2D eigenvalue weighted by Gasteiger charge is -2.35. The van der Waals surface area contributed by atoms with Crippen LogP contribution in [0.25, 0.3) is 10.9 Å². The van der Waals surface area contributed by atoms with E-state index in [0.29, 0.717) is 12.2 Å². The number of carbonyl (C=O) groups is 1. The molecule has 1 amide bonds. The fourth-order valence-corrected chi connectivity index (χ4v) is 5.80. The van der Waals surface area contributed by atoms with Crippen molar-refractivity contribution in [2.24, 2.45) is 0 Å². The van der Waals surface area contributed by atoms with Gasteiger partial charge in [0.15, 0.2) is 0 Å². The number of para-hydroxylation sites is 1. The van der Waals surface area contributed by atoms with Crippen molar-refractivity contribution in [2.45, 2.75) is 63.6 Å². The standard InChI is InChI=1S/C25H30N6O/c32-25(22-12-11-18-6-1-4-10-21(18)26-22)30-13-5-7-19(16-30)24-28-27-23-17-29(14-15-31(23)24)20-8-2-3-9-20/h1,4,6,10-12,19-20H,2-3,5,7-9,13-17H2. The van der Waals surface area contributed by atoms with Crippen LogP contribution in [0.5, 0.6) is 0 Å². The summed E-state index contributed by atoms with van der Waals surface area (Å²) in [6, 6.07) is 12.5. The van der Waals surface area contributed by atoms with Crippen LogP contribution >= 0.6 is 0 Å². The fourth-order valence-electron chi connectivity index (χ4n) is 5.80. The molecule has 2 aliphatic heterocycles. The highest BCUT2D eigenvalue weighted by Gasteiger charge is 2.33. The summed E-state index contributed by atoms with van der Waals surface area (Å²) in [5.74, 6) is 2.42. The summed E-state index contributed by atoms with van der Waals surface area (Å²) >= 11 is 0. The van der Waals surface area contributed by atoms with E-state index in [0.717, 1.165) is 67.6 Å². The molecule has 0 N–H and O–H groups in total. The number of carbonyl (C=O) groups excluding carboxylic acids is 1. The van der Waals surface area contributed by atoms with Crippen LogP contribution < -0.4 is 0 Å². The Bertz CT molecular complexity index is 1130. The molecule has 0 radical (unpaired) electrons. The molecule has 4 heterocycles. The minimum absolute atomic E-state index is 0.0197. The number of benzene rings is 1. The molecule has 2 aromatic heterocycles. The highest BCUT2D eigenvalue weighted by atomic mass is 16.2. The van der Waals surface area contributed by atoms with Gasteiger partial charge in [-0.25, -0.2) is 4.98 Å². The number of nitrogens with zero attached hydrogens (tertiary/aromatic N) is 6. The summed E-state index contributed by atoms with van der Waals surface area (Å²) in [7, 11) is 0. The van der Waals surface area contributed by atoms with Crippen LogP contribution in [0.15, 0.2) is 36.4 Å². The van der Waals surface area contributed by atoms with Gasteiger partial charge in [0.2, 0.25) is 0 Å². The van der Waals surface area contributed by atoms with E-state index in [1.807, 2.05) is 41.3 Å². The van der Waals surface area contributed by atoms with Gasteiger partial charge >= 0.3 is 0 Å². The van der Waals surface area contributed by atoms with Gasteiger partial charge in [0, 0.05) is 43.5 Å². The zero-order chi connectivity index (χ0) is 21.5. The molecule has 1 saturated heterocycles. The second kappa shape index (κ2) is 8.28. The second-order valence-corrected chi connectivity index (χ2v) is 9.51. The molecular formula is C25H30N6O. The van der Waals surface area contributed by atoms with E-state index < -0.39 is 0 Å². The molecule has 7 heteroatoms. The predicted molar refractivity (Wildman–Crippen MR) is 122 cm³/mol. The van der Waals surface area contributed by atoms with E-state index in [2.05, 4.69) is 24.6 Å². The molecule has 1 aromatic carbocycles. The van der Waals surface area contributed by atoms with Gasteiger partial charge in [-0.05, 0) is 37.8 Å². The SMILES string of the molecule is O=C(c1ccc2ccccc2n1)N1CCCC(c2nnc3n2CCN(C2CCCC2)C3)C1. The molecule has 1 aliphatic carbocycles. The summed E-state index contributed by atoms with van der Waals surface area (Å²) in [5, 5.41) is 10.3. The first-order valence-corrected chi connectivity index (χ1v) is 12.1. The third-order valence-electron chi connectivity index (χ3n) is 7.54. The van der Waals surface area contributed by atoms with Crippen molar-refractivity contribution in [1.82, 2.24) is 29.5 Å². The minimum atomic E-state index is 0.0197. The third kappa shape index (κ3) is 3.58. The van der Waals surface area contributed by atoms with Crippen molar-refractivity contribution >= 4 is 16.8 Å². The molecule has 6 rings (SSSR count). The lowest BCUT2D eigenvalue weighted by molar-refractivity contribution is 0.0696. The first-order valence-electron chi connectivity index (χ1n) is 12.1. The summed E-state index contributed by atoms with van der Waals surface area (Å²) in [4.78, 5) is 22.4. The van der Waals surface area contributed by atoms with Crippen LogP contribution in [-0.4, -0.2) is 61.1 Å². The number of aromatic nitrogens is 4. The van der Waals surface area contributed by atoms with Gasteiger partial charge in [-0.2, -0.15) is 0 Å². The highest BCUT2D eigenvalue weighted by molar-refractivity contribution is 5.95. The normalized spacial score (nSPS) is 22.4. The lowest BCUT2D eigenvalue weighted by atomic mass is 9.96. The van der Waals surface area contributed by atoms with E-state index >= 15 is 0 Å². The Hall–Kier alpha value is -2.80. The van der Waals surface area contributed by atoms with Gasteiger partial charge in [-0.15, -0.1) is 10.2 Å². The predicted octanol–water partition coefficient (Wildman–Crippen LogP) is 3.60. The smallest absolute Gasteiger partial charge is 0.272 e. The van der Waals surface area contributed by atoms with Crippen LogP contribution in [0.1, 0.15) is 66.6 Å². The average molecular weight is 431 g/mol. The van der Waals surface area contributed by atoms with Crippen LogP contribution in [0.3, 0.4) is 0 Å². The third-order valence-corrected chi connectivity index (χ3v) is 7.54. The Labute approximate surface area is 188 Å². The van der Waals surface area contributed by atoms with E-state index in [9.17, 15) is 4.79 Å². The van der Waals surface area contributed by atoms with Gasteiger partial charge in [-0.1, -0.05) is 37.1 Å². The average Bonchev–Trinajstić information content (AvgIpc) is 3.53. The summed E-state index contributed by atoms with van der Waals surface area (Å²) in [6.07, 6.45) is 7.40. The van der Waals surface area contributed by atoms with Crippen LogP contribution in [-0.2, 0) is 13.1 Å². The van der Waals surface area contributed by atoms with E-state index in [-0.39, 0.29) is 11.8 Å². The maximum absolute atomic E-state index is 13.3. The molecule has 1 atom stereocenters. The topological polar surface area (TPSA) is 67.2 Å². The van der Waals surface area contributed by atoms with Gasteiger partial charge in [0.05, 0.1) is 12.1 Å². The van der Waals surface area contributed by atoms with Gasteiger partial charge in [0.25, 0.3) is 5.91 Å². The number of amides is 1. The van der Waals surface area contributed by atoms with Crippen molar-refractivity contribution in [3.05, 3.63) is 53.7 Å². The molecule has 32 heavy (non-hydrogen) atoms. The zero-order valence-corrected chi connectivity index (χ0v) is 18.5. The number of fused-ring (bicyclic) bond motifs is 2. The highest BCUT2D eigenvalue weighted by Crippen LogP contribution is 2.31. The molecule has 2 fully saturated rings. The zero-order valence-electron chi connectivity index (χ0n) is 18.5. The van der Waals surface area contributed by atoms with Crippen molar-refractivity contribution in [1.29, 1.82) is 0 Å². The Morgan fingerprint density at radius 3 is 2.69 bits per heavy atom. The lowest BCUT2D eigenvalue weighted by Crippen LogP contribution is -2.42. The summed E-state index contributed by atoms with van der Waals surface area (Å²) in [5.41, 5.74) is 1.39. The van der Waals surface area contributed by atoms with Crippen molar-refractivity contribution in [3.8, 4) is 0 Å². The second-order valence-electron chi connectivity index (χ2n) is 9.51. The Morgan fingerprint density at radius 2 is 1.78 bits per heavy atom. The number of hydrogen-bond acceptors (Lipinski definition) is 5. The first-order chi connectivity index (χ1) is 15.8. The summed E-state index contributed by atoms with van der Waals surface area (Å²) < 4.78 is 2.33. The van der Waals surface area contributed by atoms with Crippen molar-refractivity contribution in [2.75, 3.05) is 19.6 Å². The molecule has 3 aliphatic rings. The van der Waals surface area contributed by atoms with Gasteiger partial charge in [-0.3, -0.25) is 9.69 Å². The fraction of sp³-hybridized carbons (Fsp3) is 0.520. The maximum Gasteiger partial charge on any atom is 0.272 e. The number of hydrogen-bond donors (Lipinski definition) is 0.